The summed E-state index contributed by atoms with van der Waals surface area (Å²) in [4.78, 5) is 19.5. The van der Waals surface area contributed by atoms with Crippen LogP contribution in [0.2, 0.25) is 5.02 Å². The lowest BCUT2D eigenvalue weighted by Crippen LogP contribution is -2.40. The van der Waals surface area contributed by atoms with Crippen molar-refractivity contribution >= 4 is 17.5 Å². The predicted octanol–water partition coefficient (Wildman–Crippen LogP) is 4.37. The zero-order valence-corrected chi connectivity index (χ0v) is 16.2. The van der Waals surface area contributed by atoms with Crippen molar-refractivity contribution < 1.29 is 9.53 Å². The van der Waals surface area contributed by atoms with Gasteiger partial charge >= 0.3 is 0 Å². The summed E-state index contributed by atoms with van der Waals surface area (Å²) >= 11 is 6.02. The molecule has 5 nitrogen and oxygen atoms in total. The predicted molar refractivity (Wildman–Crippen MR) is 103 cm³/mol. The first-order chi connectivity index (χ1) is 12.6. The molecule has 1 aliphatic heterocycles. The summed E-state index contributed by atoms with van der Waals surface area (Å²) < 4.78 is 7.59. The van der Waals surface area contributed by atoms with Crippen LogP contribution < -0.4 is 4.74 Å². The van der Waals surface area contributed by atoms with Crippen LogP contribution in [0, 0.1) is 0 Å². The van der Waals surface area contributed by atoms with Gasteiger partial charge in [0, 0.05) is 43.0 Å². The molecule has 1 aromatic heterocycles. The van der Waals surface area contributed by atoms with Crippen LogP contribution in [0.1, 0.15) is 54.7 Å². The zero-order chi connectivity index (χ0) is 18.5. The summed E-state index contributed by atoms with van der Waals surface area (Å²) in [5, 5.41) is 0.563. The van der Waals surface area contributed by atoms with Gasteiger partial charge in [-0.15, -0.1) is 0 Å². The smallest absolute Gasteiger partial charge is 0.257 e. The lowest BCUT2D eigenvalue weighted by molar-refractivity contribution is 0.0700. The van der Waals surface area contributed by atoms with Crippen LogP contribution in [0.15, 0.2) is 30.6 Å². The van der Waals surface area contributed by atoms with E-state index in [4.69, 9.17) is 16.3 Å². The molecule has 1 aromatic carbocycles. The van der Waals surface area contributed by atoms with E-state index in [1.807, 2.05) is 17.3 Å². The fraction of sp³-hybridized carbons (Fsp3) is 0.500. The number of halogens is 1. The highest BCUT2D eigenvalue weighted by Crippen LogP contribution is 2.30. The standard InChI is InChI=1S/C20H26ClN3O2/c1-3-4-10-23-12-9-22-19(23)15-6-5-11-24(14-15)20(25)17-8-7-16(21)13-18(17)26-2/h7-9,12-13,15H,3-6,10-11,14H2,1-2H3. The molecule has 26 heavy (non-hydrogen) atoms. The maximum Gasteiger partial charge on any atom is 0.257 e. The van der Waals surface area contributed by atoms with Crippen LogP contribution in [0.25, 0.3) is 0 Å². The Balaban J connectivity index is 1.76. The van der Waals surface area contributed by atoms with Crippen molar-refractivity contribution in [1.29, 1.82) is 0 Å². The number of rotatable bonds is 6. The summed E-state index contributed by atoms with van der Waals surface area (Å²) in [7, 11) is 1.56. The SMILES string of the molecule is CCCCn1ccnc1C1CCCN(C(=O)c2ccc(Cl)cc2OC)C1. The number of carbonyl (C=O) groups excluding carboxylic acids is 1. The van der Waals surface area contributed by atoms with Crippen LogP contribution in [-0.2, 0) is 6.54 Å². The Morgan fingerprint density at radius 2 is 2.27 bits per heavy atom. The Kier molecular flexibility index (Phi) is 6.20. The molecule has 0 saturated carbocycles. The van der Waals surface area contributed by atoms with E-state index in [9.17, 15) is 4.79 Å². The number of hydrogen-bond donors (Lipinski definition) is 0. The van der Waals surface area contributed by atoms with E-state index < -0.39 is 0 Å². The van der Waals surface area contributed by atoms with Crippen LogP contribution >= 0.6 is 11.6 Å². The molecule has 0 radical (unpaired) electrons. The van der Waals surface area contributed by atoms with E-state index in [0.29, 0.717) is 22.9 Å². The molecule has 1 amide bonds. The molecule has 0 bridgehead atoms. The average molecular weight is 376 g/mol. The highest BCUT2D eigenvalue weighted by Gasteiger charge is 2.29. The Hall–Kier alpha value is -2.01. The normalized spacial score (nSPS) is 17.3. The summed E-state index contributed by atoms with van der Waals surface area (Å²) in [6.45, 7) is 4.63. The molecular weight excluding hydrogens is 350 g/mol. The van der Waals surface area contributed by atoms with Crippen LogP contribution in [0.3, 0.4) is 0 Å². The summed E-state index contributed by atoms with van der Waals surface area (Å²) in [6.07, 6.45) is 8.25. The number of aryl methyl sites for hydroxylation is 1. The Morgan fingerprint density at radius 3 is 3.04 bits per heavy atom. The third-order valence-electron chi connectivity index (χ3n) is 4.97. The molecule has 2 aromatic rings. The molecule has 1 unspecified atom stereocenters. The van der Waals surface area contributed by atoms with Crippen LogP contribution in [-0.4, -0.2) is 40.6 Å². The largest absolute Gasteiger partial charge is 0.496 e. The monoisotopic (exact) mass is 375 g/mol. The van der Waals surface area contributed by atoms with E-state index >= 15 is 0 Å². The van der Waals surface area contributed by atoms with Crippen LogP contribution in [0.4, 0.5) is 0 Å². The second-order valence-corrected chi connectivity index (χ2v) is 7.20. The van der Waals surface area contributed by atoms with Gasteiger partial charge in [0.25, 0.3) is 5.91 Å². The first-order valence-corrected chi connectivity index (χ1v) is 9.65. The number of ether oxygens (including phenoxy) is 1. The zero-order valence-electron chi connectivity index (χ0n) is 15.4. The lowest BCUT2D eigenvalue weighted by Gasteiger charge is -2.33. The van der Waals surface area contributed by atoms with Gasteiger partial charge in [-0.25, -0.2) is 4.98 Å². The summed E-state index contributed by atoms with van der Waals surface area (Å²) in [6, 6.07) is 5.17. The fourth-order valence-corrected chi connectivity index (χ4v) is 3.74. The molecule has 6 heteroatoms. The van der Waals surface area contributed by atoms with Gasteiger partial charge in [0.2, 0.25) is 0 Å². The van der Waals surface area contributed by atoms with E-state index in [-0.39, 0.29) is 11.8 Å². The van der Waals surface area contributed by atoms with Crippen molar-refractivity contribution in [3.8, 4) is 5.75 Å². The number of hydrogen-bond acceptors (Lipinski definition) is 3. The number of nitrogens with zero attached hydrogens (tertiary/aromatic N) is 3. The van der Waals surface area contributed by atoms with Gasteiger partial charge < -0.3 is 14.2 Å². The van der Waals surface area contributed by atoms with E-state index in [0.717, 1.165) is 44.6 Å². The van der Waals surface area contributed by atoms with Crippen molar-refractivity contribution in [2.45, 2.75) is 45.1 Å². The molecular formula is C20H26ClN3O2. The third-order valence-corrected chi connectivity index (χ3v) is 5.20. The van der Waals surface area contributed by atoms with Crippen molar-refractivity contribution in [3.63, 3.8) is 0 Å². The highest BCUT2D eigenvalue weighted by molar-refractivity contribution is 6.30. The quantitative estimate of drug-likeness (QED) is 0.753. The number of methoxy groups -OCH3 is 1. The van der Waals surface area contributed by atoms with Gasteiger partial charge in [0.05, 0.1) is 12.7 Å². The average Bonchev–Trinajstić information content (AvgIpc) is 3.14. The molecule has 1 aliphatic rings. The lowest BCUT2D eigenvalue weighted by atomic mass is 9.96. The van der Waals surface area contributed by atoms with E-state index in [1.54, 1.807) is 25.3 Å². The minimum Gasteiger partial charge on any atom is -0.496 e. The minimum atomic E-state index is -0.00474. The Bertz CT molecular complexity index is 759. The van der Waals surface area contributed by atoms with Crippen molar-refractivity contribution in [2.24, 2.45) is 0 Å². The molecule has 0 N–H and O–H groups in total. The number of imidazole rings is 1. The number of aromatic nitrogens is 2. The molecule has 140 valence electrons. The van der Waals surface area contributed by atoms with Crippen molar-refractivity contribution in [1.82, 2.24) is 14.5 Å². The minimum absolute atomic E-state index is 0.00474. The molecule has 0 aliphatic carbocycles. The first-order valence-electron chi connectivity index (χ1n) is 9.28. The first kappa shape index (κ1) is 18.8. The summed E-state index contributed by atoms with van der Waals surface area (Å²) in [5.74, 6) is 1.89. The van der Waals surface area contributed by atoms with E-state index in [1.165, 1.54) is 0 Å². The number of carbonyl (C=O) groups is 1. The molecule has 1 atom stereocenters. The second kappa shape index (κ2) is 8.58. The van der Waals surface area contributed by atoms with Crippen molar-refractivity contribution in [3.05, 3.63) is 47.0 Å². The van der Waals surface area contributed by atoms with Gasteiger partial charge in [-0.1, -0.05) is 24.9 Å². The maximum absolute atomic E-state index is 13.0. The maximum atomic E-state index is 13.0. The molecule has 0 spiro atoms. The van der Waals surface area contributed by atoms with Gasteiger partial charge in [-0.05, 0) is 37.5 Å². The summed E-state index contributed by atoms with van der Waals surface area (Å²) in [5.41, 5.74) is 0.562. The Morgan fingerprint density at radius 1 is 1.42 bits per heavy atom. The molecule has 3 rings (SSSR count). The van der Waals surface area contributed by atoms with Gasteiger partial charge in [0.1, 0.15) is 11.6 Å². The number of likely N-dealkylation sites (tertiary alicyclic amines) is 1. The fourth-order valence-electron chi connectivity index (χ4n) is 3.58. The van der Waals surface area contributed by atoms with E-state index in [2.05, 4.69) is 16.5 Å². The molecule has 1 saturated heterocycles. The number of piperidine rings is 1. The topological polar surface area (TPSA) is 47.4 Å². The van der Waals surface area contributed by atoms with Crippen LogP contribution in [0.5, 0.6) is 5.75 Å². The van der Waals surface area contributed by atoms with Gasteiger partial charge in [-0.2, -0.15) is 0 Å². The van der Waals surface area contributed by atoms with Crippen molar-refractivity contribution in [2.75, 3.05) is 20.2 Å². The Labute approximate surface area is 159 Å². The number of unbranched alkanes of at least 4 members (excludes halogenated alkanes) is 1. The second-order valence-electron chi connectivity index (χ2n) is 6.77. The van der Waals surface area contributed by atoms with Gasteiger partial charge in [-0.3, -0.25) is 4.79 Å². The number of amides is 1. The highest BCUT2D eigenvalue weighted by atomic mass is 35.5. The number of benzene rings is 1. The van der Waals surface area contributed by atoms with Gasteiger partial charge in [0.15, 0.2) is 0 Å². The third kappa shape index (κ3) is 4.04. The molecule has 1 fully saturated rings. The molecule has 2 heterocycles.